The summed E-state index contributed by atoms with van der Waals surface area (Å²) in [5, 5.41) is 0.917. The number of methoxy groups -OCH3 is 1. The third-order valence-electron chi connectivity index (χ3n) is 6.41. The van der Waals surface area contributed by atoms with Crippen molar-refractivity contribution in [2.75, 3.05) is 21.2 Å². The summed E-state index contributed by atoms with van der Waals surface area (Å²) in [6.07, 6.45) is 6.21. The van der Waals surface area contributed by atoms with Crippen LogP contribution in [-0.4, -0.2) is 50.7 Å². The number of aldehydes is 1. The zero-order valence-electron chi connectivity index (χ0n) is 19.6. The Morgan fingerprint density at radius 2 is 1.82 bits per heavy atom. The number of carbonyl (C=O) groups is 2. The first kappa shape index (κ1) is 24.0. The molecule has 0 atom stereocenters. The second-order valence-electron chi connectivity index (χ2n) is 8.75. The van der Waals surface area contributed by atoms with Crippen LogP contribution in [0.2, 0.25) is 0 Å². The van der Waals surface area contributed by atoms with Crippen LogP contribution in [0.4, 0.5) is 0 Å². The molecule has 4 rings (SSSR count). The van der Waals surface area contributed by atoms with Crippen LogP contribution in [0.25, 0.3) is 22.2 Å². The summed E-state index contributed by atoms with van der Waals surface area (Å²) in [5.74, 6) is -0.0844. The molecule has 1 amide bonds. The predicted octanol–water partition coefficient (Wildman–Crippen LogP) is 4.17. The maximum atomic E-state index is 12.8. The fourth-order valence-corrected chi connectivity index (χ4v) is 5.10. The molecule has 1 aliphatic rings. The zero-order chi connectivity index (χ0) is 24.5. The van der Waals surface area contributed by atoms with Crippen molar-refractivity contribution >= 4 is 33.3 Å². The van der Waals surface area contributed by atoms with Crippen molar-refractivity contribution in [3.05, 3.63) is 53.6 Å². The van der Waals surface area contributed by atoms with Crippen LogP contribution in [0.3, 0.4) is 0 Å². The van der Waals surface area contributed by atoms with Crippen LogP contribution in [0.15, 0.2) is 42.5 Å². The molecule has 1 N–H and O–H groups in total. The smallest absolute Gasteiger partial charge is 0.303 e. The molecule has 2 aromatic carbocycles. The fourth-order valence-electron chi connectivity index (χ4n) is 4.57. The molecule has 0 spiro atoms. The van der Waals surface area contributed by atoms with E-state index in [0.717, 1.165) is 58.4 Å². The van der Waals surface area contributed by atoms with Gasteiger partial charge in [0.2, 0.25) is 0 Å². The summed E-state index contributed by atoms with van der Waals surface area (Å²) >= 11 is 0. The van der Waals surface area contributed by atoms with Gasteiger partial charge in [-0.15, -0.1) is 0 Å². The monoisotopic (exact) mass is 483 g/mol. The number of benzene rings is 2. The molecule has 34 heavy (non-hydrogen) atoms. The van der Waals surface area contributed by atoms with Crippen LogP contribution in [0.1, 0.15) is 58.9 Å². The van der Waals surface area contributed by atoms with Crippen molar-refractivity contribution in [3.8, 4) is 17.0 Å². The number of hydrogen-bond donors (Lipinski definition) is 1. The van der Waals surface area contributed by atoms with Crippen molar-refractivity contribution in [1.29, 1.82) is 0 Å². The molecule has 0 unspecified atom stereocenters. The second-order valence-corrected chi connectivity index (χ2v) is 10.6. The van der Waals surface area contributed by atoms with E-state index in [1.807, 2.05) is 24.3 Å². The third kappa shape index (κ3) is 4.58. The number of amides is 1. The number of fused-ring (bicyclic) bond motifs is 1. The second kappa shape index (κ2) is 9.60. The van der Waals surface area contributed by atoms with Gasteiger partial charge in [-0.3, -0.25) is 9.59 Å². The molecule has 1 aliphatic carbocycles. The largest absolute Gasteiger partial charge is 0.497 e. The highest BCUT2D eigenvalue weighted by atomic mass is 32.2. The van der Waals surface area contributed by atoms with Gasteiger partial charge >= 0.3 is 10.2 Å². The van der Waals surface area contributed by atoms with Crippen molar-refractivity contribution in [2.45, 2.75) is 38.1 Å². The topological polar surface area (TPSA) is 97.7 Å². The van der Waals surface area contributed by atoms with Crippen LogP contribution >= 0.6 is 0 Å². The third-order valence-corrected chi connectivity index (χ3v) is 7.81. The summed E-state index contributed by atoms with van der Waals surface area (Å²) in [5.41, 5.74) is 3.30. The summed E-state index contributed by atoms with van der Waals surface area (Å²) in [6, 6.07) is 12.8. The molecule has 0 aliphatic heterocycles. The minimum Gasteiger partial charge on any atom is -0.497 e. The lowest BCUT2D eigenvalue weighted by Gasteiger charge is -2.27. The Hall–Kier alpha value is -3.17. The van der Waals surface area contributed by atoms with E-state index in [-0.39, 0.29) is 11.6 Å². The lowest BCUT2D eigenvalue weighted by Crippen LogP contribution is -2.39. The van der Waals surface area contributed by atoms with E-state index in [9.17, 15) is 18.0 Å². The van der Waals surface area contributed by atoms with Crippen LogP contribution < -0.4 is 9.46 Å². The number of nitrogens with zero attached hydrogens (tertiary/aromatic N) is 2. The Labute approximate surface area is 199 Å². The summed E-state index contributed by atoms with van der Waals surface area (Å²) in [6.45, 7) is 0. The van der Waals surface area contributed by atoms with Gasteiger partial charge in [-0.25, -0.2) is 4.72 Å². The van der Waals surface area contributed by atoms with Crippen molar-refractivity contribution in [3.63, 3.8) is 0 Å². The molecule has 180 valence electrons. The highest BCUT2D eigenvalue weighted by Gasteiger charge is 2.24. The molecule has 1 fully saturated rings. The van der Waals surface area contributed by atoms with Gasteiger partial charge in [0.15, 0.2) is 6.29 Å². The average Bonchev–Trinajstić information content (AvgIpc) is 3.22. The van der Waals surface area contributed by atoms with Crippen molar-refractivity contribution in [1.82, 2.24) is 13.6 Å². The lowest BCUT2D eigenvalue weighted by atomic mass is 9.94. The Balaban J connectivity index is 1.87. The standard InChI is InChI=1S/C25H29N3O5S/c1-27(2)34(31,32)26-25(30)18-10-9-17-14-24(22-12-11-21(33-3)13-19(22)16-29)28(23(17)15-18)20-7-5-4-6-8-20/h9-16,20H,4-8H2,1-3H3,(H,26,30). The maximum Gasteiger partial charge on any atom is 0.303 e. The van der Waals surface area contributed by atoms with Gasteiger partial charge in [0.05, 0.1) is 12.8 Å². The highest BCUT2D eigenvalue weighted by Crippen LogP contribution is 2.39. The Morgan fingerprint density at radius 3 is 2.47 bits per heavy atom. The van der Waals surface area contributed by atoms with Crippen LogP contribution in [0, 0.1) is 0 Å². The average molecular weight is 484 g/mol. The molecule has 0 saturated heterocycles. The van der Waals surface area contributed by atoms with Crippen molar-refractivity contribution in [2.24, 2.45) is 0 Å². The van der Waals surface area contributed by atoms with E-state index in [4.69, 9.17) is 4.74 Å². The quantitative estimate of drug-likeness (QED) is 0.509. The molecule has 0 bridgehead atoms. The van der Waals surface area contributed by atoms with E-state index >= 15 is 0 Å². The maximum absolute atomic E-state index is 12.8. The van der Waals surface area contributed by atoms with Gasteiger partial charge in [-0.1, -0.05) is 25.3 Å². The molecule has 9 heteroatoms. The Kier molecular flexibility index (Phi) is 6.77. The first-order valence-corrected chi connectivity index (χ1v) is 12.7. The van der Waals surface area contributed by atoms with E-state index in [1.165, 1.54) is 20.5 Å². The first-order chi connectivity index (χ1) is 16.2. The summed E-state index contributed by atoms with van der Waals surface area (Å²) < 4.78 is 34.8. The number of ether oxygens (including phenoxy) is 1. The van der Waals surface area contributed by atoms with Gasteiger partial charge in [0.1, 0.15) is 5.75 Å². The Bertz CT molecular complexity index is 1340. The van der Waals surface area contributed by atoms with E-state index in [0.29, 0.717) is 11.3 Å². The van der Waals surface area contributed by atoms with E-state index in [2.05, 4.69) is 9.29 Å². The minimum atomic E-state index is -3.91. The molecule has 0 radical (unpaired) electrons. The van der Waals surface area contributed by atoms with Gasteiger partial charge in [0, 0.05) is 47.7 Å². The molecular formula is C25H29N3O5S. The molecular weight excluding hydrogens is 454 g/mol. The summed E-state index contributed by atoms with van der Waals surface area (Å²) in [4.78, 5) is 24.7. The lowest BCUT2D eigenvalue weighted by molar-refractivity contribution is 0.0979. The van der Waals surface area contributed by atoms with E-state index in [1.54, 1.807) is 25.3 Å². The number of hydrogen-bond acceptors (Lipinski definition) is 5. The Morgan fingerprint density at radius 1 is 1.09 bits per heavy atom. The molecule has 1 aromatic heterocycles. The minimum absolute atomic E-state index is 0.215. The van der Waals surface area contributed by atoms with Crippen LogP contribution in [0.5, 0.6) is 5.75 Å². The van der Waals surface area contributed by atoms with Gasteiger partial charge < -0.3 is 9.30 Å². The first-order valence-electron chi connectivity index (χ1n) is 11.3. The van der Waals surface area contributed by atoms with Gasteiger partial charge in [-0.2, -0.15) is 12.7 Å². The molecule has 3 aromatic rings. The number of rotatable bonds is 7. The molecule has 1 saturated carbocycles. The normalized spacial score (nSPS) is 14.9. The molecule has 8 nitrogen and oxygen atoms in total. The van der Waals surface area contributed by atoms with Gasteiger partial charge in [0.25, 0.3) is 5.91 Å². The van der Waals surface area contributed by atoms with Crippen molar-refractivity contribution < 1.29 is 22.7 Å². The molecule has 1 heterocycles. The predicted molar refractivity (Wildman–Crippen MR) is 132 cm³/mol. The zero-order valence-corrected chi connectivity index (χ0v) is 20.4. The summed E-state index contributed by atoms with van der Waals surface area (Å²) in [7, 11) is 0.374. The SMILES string of the molecule is COc1ccc(-c2cc3ccc(C(=O)NS(=O)(=O)N(C)C)cc3n2C2CCCCC2)c(C=O)c1. The number of aromatic nitrogens is 1. The van der Waals surface area contributed by atoms with E-state index < -0.39 is 16.1 Å². The van der Waals surface area contributed by atoms with Crippen LogP contribution in [-0.2, 0) is 10.2 Å². The number of nitrogens with one attached hydrogen (secondary N) is 1. The fraction of sp³-hybridized carbons (Fsp3) is 0.360. The highest BCUT2D eigenvalue weighted by molar-refractivity contribution is 7.87. The number of carbonyl (C=O) groups excluding carboxylic acids is 2. The van der Waals surface area contributed by atoms with Gasteiger partial charge in [-0.05, 0) is 49.2 Å².